The summed E-state index contributed by atoms with van der Waals surface area (Å²) in [5.41, 5.74) is 0. The SMILES string of the molecule is COCCNCC(=O)NCCS(C)(=O)=O. The summed E-state index contributed by atoms with van der Waals surface area (Å²) in [6.07, 6.45) is 1.13. The Bertz CT molecular complexity index is 276. The van der Waals surface area contributed by atoms with Gasteiger partial charge in [-0.25, -0.2) is 8.42 Å². The van der Waals surface area contributed by atoms with Gasteiger partial charge in [0.1, 0.15) is 9.84 Å². The Labute approximate surface area is 90.3 Å². The number of methoxy groups -OCH3 is 1. The molecule has 0 heterocycles. The third kappa shape index (κ3) is 11.3. The fourth-order valence-electron chi connectivity index (χ4n) is 0.814. The summed E-state index contributed by atoms with van der Waals surface area (Å²) in [6.45, 7) is 1.46. The number of amides is 1. The molecule has 0 aromatic heterocycles. The van der Waals surface area contributed by atoms with Crippen LogP contribution in [0.3, 0.4) is 0 Å². The number of carbonyl (C=O) groups excluding carboxylic acids is 1. The molecule has 90 valence electrons. The van der Waals surface area contributed by atoms with Crippen molar-refractivity contribution >= 4 is 15.7 Å². The summed E-state index contributed by atoms with van der Waals surface area (Å²) in [7, 11) is -1.43. The summed E-state index contributed by atoms with van der Waals surface area (Å²) in [4.78, 5) is 11.1. The standard InChI is InChI=1S/C8H18N2O4S/c1-14-5-3-9-7-8(11)10-4-6-15(2,12)13/h9H,3-7H2,1-2H3,(H,10,11). The molecule has 2 N–H and O–H groups in total. The van der Waals surface area contributed by atoms with Crippen LogP contribution < -0.4 is 10.6 Å². The van der Waals surface area contributed by atoms with Crippen molar-refractivity contribution in [2.24, 2.45) is 0 Å². The van der Waals surface area contributed by atoms with Gasteiger partial charge in [-0.05, 0) is 0 Å². The van der Waals surface area contributed by atoms with Crippen molar-refractivity contribution in [3.8, 4) is 0 Å². The zero-order valence-corrected chi connectivity index (χ0v) is 9.89. The minimum atomic E-state index is -3.00. The average Bonchev–Trinajstić information content (AvgIpc) is 2.10. The van der Waals surface area contributed by atoms with Gasteiger partial charge in [0.25, 0.3) is 0 Å². The Morgan fingerprint density at radius 3 is 2.53 bits per heavy atom. The third-order valence-corrected chi connectivity index (χ3v) is 2.51. The lowest BCUT2D eigenvalue weighted by atomic mass is 10.5. The molecule has 1 amide bonds. The van der Waals surface area contributed by atoms with Crippen LogP contribution in [0.5, 0.6) is 0 Å². The Morgan fingerprint density at radius 2 is 2.00 bits per heavy atom. The molecule has 0 fully saturated rings. The summed E-state index contributed by atoms with van der Waals surface area (Å²) in [5, 5.41) is 5.34. The van der Waals surface area contributed by atoms with Crippen LogP contribution in [0.15, 0.2) is 0 Å². The maximum absolute atomic E-state index is 11.1. The molecule has 0 saturated carbocycles. The molecular formula is C8H18N2O4S. The van der Waals surface area contributed by atoms with Crippen LogP contribution in [0.25, 0.3) is 0 Å². The summed E-state index contributed by atoms with van der Waals surface area (Å²) < 4.78 is 26.2. The van der Waals surface area contributed by atoms with Crippen LogP contribution in [-0.2, 0) is 19.4 Å². The summed E-state index contributed by atoms with van der Waals surface area (Å²) in [6, 6.07) is 0. The van der Waals surface area contributed by atoms with Gasteiger partial charge in [-0.2, -0.15) is 0 Å². The van der Waals surface area contributed by atoms with Gasteiger partial charge in [-0.15, -0.1) is 0 Å². The van der Waals surface area contributed by atoms with Crippen molar-refractivity contribution < 1.29 is 17.9 Å². The molecule has 0 aromatic carbocycles. The number of hydrogen-bond acceptors (Lipinski definition) is 5. The van der Waals surface area contributed by atoms with E-state index in [4.69, 9.17) is 4.74 Å². The van der Waals surface area contributed by atoms with E-state index >= 15 is 0 Å². The maximum atomic E-state index is 11.1. The number of carbonyl (C=O) groups is 1. The molecule has 0 aliphatic carbocycles. The van der Waals surface area contributed by atoms with Gasteiger partial charge < -0.3 is 15.4 Å². The van der Waals surface area contributed by atoms with E-state index < -0.39 is 9.84 Å². The largest absolute Gasteiger partial charge is 0.383 e. The summed E-state index contributed by atoms with van der Waals surface area (Å²) in [5.74, 6) is -0.244. The number of ether oxygens (including phenoxy) is 1. The van der Waals surface area contributed by atoms with Gasteiger partial charge >= 0.3 is 0 Å². The van der Waals surface area contributed by atoms with Gasteiger partial charge in [-0.1, -0.05) is 0 Å². The van der Waals surface area contributed by atoms with Crippen molar-refractivity contribution in [3.05, 3.63) is 0 Å². The lowest BCUT2D eigenvalue weighted by Crippen LogP contribution is -2.37. The highest BCUT2D eigenvalue weighted by Gasteiger charge is 2.03. The van der Waals surface area contributed by atoms with Gasteiger partial charge in [0.2, 0.25) is 5.91 Å². The molecule has 0 rings (SSSR count). The topological polar surface area (TPSA) is 84.5 Å². The van der Waals surface area contributed by atoms with E-state index in [0.717, 1.165) is 6.26 Å². The Kier molecular flexibility index (Phi) is 7.27. The molecule has 0 atom stereocenters. The number of hydrogen-bond donors (Lipinski definition) is 2. The molecule has 0 unspecified atom stereocenters. The number of sulfone groups is 1. The molecule has 0 bridgehead atoms. The smallest absolute Gasteiger partial charge is 0.233 e. The molecule has 0 aliphatic rings. The first-order chi connectivity index (χ1) is 6.95. The van der Waals surface area contributed by atoms with Crippen LogP contribution in [0.4, 0.5) is 0 Å². The number of nitrogens with one attached hydrogen (secondary N) is 2. The van der Waals surface area contributed by atoms with E-state index in [1.54, 1.807) is 7.11 Å². The van der Waals surface area contributed by atoms with E-state index in [1.807, 2.05) is 0 Å². The highest BCUT2D eigenvalue weighted by atomic mass is 32.2. The second-order valence-electron chi connectivity index (χ2n) is 3.15. The average molecular weight is 238 g/mol. The van der Waals surface area contributed by atoms with Gasteiger partial charge in [0, 0.05) is 26.5 Å². The molecule has 6 nitrogen and oxygen atoms in total. The van der Waals surface area contributed by atoms with Gasteiger partial charge in [0.15, 0.2) is 0 Å². The van der Waals surface area contributed by atoms with E-state index in [9.17, 15) is 13.2 Å². The lowest BCUT2D eigenvalue weighted by Gasteiger charge is -2.05. The highest BCUT2D eigenvalue weighted by molar-refractivity contribution is 7.90. The Hall–Kier alpha value is -0.660. The summed E-state index contributed by atoms with van der Waals surface area (Å²) >= 11 is 0. The van der Waals surface area contributed by atoms with Crippen LogP contribution in [0.1, 0.15) is 0 Å². The van der Waals surface area contributed by atoms with Crippen molar-refractivity contribution in [1.29, 1.82) is 0 Å². The molecule has 0 aliphatic heterocycles. The van der Waals surface area contributed by atoms with Crippen LogP contribution in [0, 0.1) is 0 Å². The molecule has 0 aromatic rings. The molecule has 15 heavy (non-hydrogen) atoms. The Morgan fingerprint density at radius 1 is 1.33 bits per heavy atom. The van der Waals surface area contributed by atoms with Crippen LogP contribution >= 0.6 is 0 Å². The minimum absolute atomic E-state index is 0.0309. The normalized spacial score (nSPS) is 11.3. The fourth-order valence-corrected chi connectivity index (χ4v) is 1.29. The zero-order valence-electron chi connectivity index (χ0n) is 9.08. The van der Waals surface area contributed by atoms with E-state index in [1.165, 1.54) is 0 Å². The van der Waals surface area contributed by atoms with Crippen LogP contribution in [-0.4, -0.2) is 59.7 Å². The quantitative estimate of drug-likeness (QED) is 0.497. The van der Waals surface area contributed by atoms with Crippen molar-refractivity contribution in [1.82, 2.24) is 10.6 Å². The lowest BCUT2D eigenvalue weighted by molar-refractivity contribution is -0.120. The van der Waals surface area contributed by atoms with Crippen molar-refractivity contribution in [2.75, 3.05) is 45.4 Å². The second-order valence-corrected chi connectivity index (χ2v) is 5.41. The fraction of sp³-hybridized carbons (Fsp3) is 0.875. The molecule has 0 saturated heterocycles. The highest BCUT2D eigenvalue weighted by Crippen LogP contribution is 1.79. The second kappa shape index (κ2) is 7.61. The predicted molar refractivity (Wildman–Crippen MR) is 57.5 cm³/mol. The van der Waals surface area contributed by atoms with E-state index in [0.29, 0.717) is 13.2 Å². The monoisotopic (exact) mass is 238 g/mol. The van der Waals surface area contributed by atoms with Crippen LogP contribution in [0.2, 0.25) is 0 Å². The predicted octanol–water partition coefficient (Wildman–Crippen LogP) is -1.62. The first-order valence-corrected chi connectivity index (χ1v) is 6.66. The third-order valence-electron chi connectivity index (χ3n) is 1.56. The van der Waals surface area contributed by atoms with E-state index in [2.05, 4.69) is 10.6 Å². The molecule has 7 heteroatoms. The molecular weight excluding hydrogens is 220 g/mol. The molecule has 0 spiro atoms. The van der Waals surface area contributed by atoms with Gasteiger partial charge in [-0.3, -0.25) is 4.79 Å². The van der Waals surface area contributed by atoms with Crippen molar-refractivity contribution in [3.63, 3.8) is 0 Å². The first kappa shape index (κ1) is 14.3. The maximum Gasteiger partial charge on any atom is 0.233 e. The zero-order chi connectivity index (χ0) is 11.7. The minimum Gasteiger partial charge on any atom is -0.383 e. The van der Waals surface area contributed by atoms with Gasteiger partial charge in [0.05, 0.1) is 18.9 Å². The van der Waals surface area contributed by atoms with Crippen molar-refractivity contribution in [2.45, 2.75) is 0 Å². The van der Waals surface area contributed by atoms with E-state index in [-0.39, 0.29) is 24.7 Å². The number of rotatable bonds is 8. The first-order valence-electron chi connectivity index (χ1n) is 4.60. The molecule has 0 radical (unpaired) electrons. The Balaban J connectivity index is 3.42.